The van der Waals surface area contributed by atoms with E-state index >= 15 is 0 Å². The number of rotatable bonds is 6. The molecule has 1 rings (SSSR count). The van der Waals surface area contributed by atoms with Crippen LogP contribution in [0.1, 0.15) is 46.0 Å². The van der Waals surface area contributed by atoms with Crippen molar-refractivity contribution in [2.45, 2.75) is 58.1 Å². The molecular formula is C13H23NO4. The van der Waals surface area contributed by atoms with Crippen LogP contribution in [0.3, 0.4) is 0 Å². The van der Waals surface area contributed by atoms with Crippen LogP contribution in [0.25, 0.3) is 0 Å². The Morgan fingerprint density at radius 2 is 2.11 bits per heavy atom. The number of carbonyl (C=O) groups is 2. The predicted molar refractivity (Wildman–Crippen MR) is 67.3 cm³/mol. The molecule has 104 valence electrons. The van der Waals surface area contributed by atoms with E-state index in [4.69, 9.17) is 9.84 Å². The molecular weight excluding hydrogens is 234 g/mol. The van der Waals surface area contributed by atoms with Crippen LogP contribution in [-0.2, 0) is 14.3 Å². The lowest BCUT2D eigenvalue weighted by Gasteiger charge is -2.33. The Morgan fingerprint density at radius 3 is 2.72 bits per heavy atom. The van der Waals surface area contributed by atoms with Gasteiger partial charge in [0.1, 0.15) is 6.04 Å². The van der Waals surface area contributed by atoms with Gasteiger partial charge >= 0.3 is 5.97 Å². The van der Waals surface area contributed by atoms with E-state index in [-0.39, 0.29) is 12.0 Å². The van der Waals surface area contributed by atoms with Crippen molar-refractivity contribution in [1.29, 1.82) is 0 Å². The largest absolute Gasteiger partial charge is 0.480 e. The number of ether oxygens (including phenoxy) is 1. The van der Waals surface area contributed by atoms with Crippen molar-refractivity contribution in [3.05, 3.63) is 0 Å². The number of amides is 1. The monoisotopic (exact) mass is 257 g/mol. The first-order valence-electron chi connectivity index (χ1n) is 6.66. The molecule has 1 saturated heterocycles. The van der Waals surface area contributed by atoms with E-state index in [0.717, 1.165) is 12.8 Å². The van der Waals surface area contributed by atoms with Gasteiger partial charge in [-0.25, -0.2) is 4.79 Å². The molecule has 0 aliphatic carbocycles. The highest BCUT2D eigenvalue weighted by Gasteiger charge is 2.31. The first-order chi connectivity index (χ1) is 8.52. The number of piperidine rings is 1. The minimum Gasteiger partial charge on any atom is -0.480 e. The van der Waals surface area contributed by atoms with Gasteiger partial charge < -0.3 is 14.7 Å². The van der Waals surface area contributed by atoms with Gasteiger partial charge in [-0.2, -0.15) is 0 Å². The fourth-order valence-electron chi connectivity index (χ4n) is 2.17. The van der Waals surface area contributed by atoms with Crippen LogP contribution in [0.15, 0.2) is 0 Å². The summed E-state index contributed by atoms with van der Waals surface area (Å²) >= 11 is 0. The summed E-state index contributed by atoms with van der Waals surface area (Å²) in [6.07, 6.45) is 3.55. The molecule has 0 spiro atoms. The van der Waals surface area contributed by atoms with Crippen LogP contribution in [0.5, 0.6) is 0 Å². The Bertz CT molecular complexity index is 291. The first kappa shape index (κ1) is 15.0. The fourth-order valence-corrected chi connectivity index (χ4v) is 2.17. The van der Waals surface area contributed by atoms with Crippen molar-refractivity contribution in [3.63, 3.8) is 0 Å². The third-order valence-corrected chi connectivity index (χ3v) is 3.09. The summed E-state index contributed by atoms with van der Waals surface area (Å²) in [5, 5.41) is 9.08. The second-order valence-corrected chi connectivity index (χ2v) is 4.96. The van der Waals surface area contributed by atoms with Crippen molar-refractivity contribution < 1.29 is 19.4 Å². The number of hydrogen-bond acceptors (Lipinski definition) is 3. The molecule has 5 heteroatoms. The number of carboxylic acids is 1. The molecule has 1 heterocycles. The summed E-state index contributed by atoms with van der Waals surface area (Å²) in [5.74, 6) is -0.948. The van der Waals surface area contributed by atoms with Crippen LogP contribution >= 0.6 is 0 Å². The third-order valence-electron chi connectivity index (χ3n) is 3.09. The lowest BCUT2D eigenvalue weighted by molar-refractivity contribution is -0.152. The average Bonchev–Trinajstić information content (AvgIpc) is 2.34. The first-order valence-corrected chi connectivity index (χ1v) is 6.66. The number of aliphatic carboxylic acids is 1. The summed E-state index contributed by atoms with van der Waals surface area (Å²) < 4.78 is 5.37. The van der Waals surface area contributed by atoms with Gasteiger partial charge in [0.2, 0.25) is 5.91 Å². The molecule has 1 aliphatic rings. The molecule has 18 heavy (non-hydrogen) atoms. The molecule has 1 N–H and O–H groups in total. The van der Waals surface area contributed by atoms with E-state index in [0.29, 0.717) is 32.4 Å². The summed E-state index contributed by atoms with van der Waals surface area (Å²) in [6, 6.07) is -0.628. The third kappa shape index (κ3) is 4.64. The van der Waals surface area contributed by atoms with Gasteiger partial charge in [-0.15, -0.1) is 0 Å². The topological polar surface area (TPSA) is 66.8 Å². The zero-order chi connectivity index (χ0) is 13.5. The van der Waals surface area contributed by atoms with Crippen LogP contribution < -0.4 is 0 Å². The molecule has 1 aliphatic heterocycles. The Labute approximate surface area is 108 Å². The average molecular weight is 257 g/mol. The van der Waals surface area contributed by atoms with Gasteiger partial charge in [-0.3, -0.25) is 4.79 Å². The molecule has 0 unspecified atom stereocenters. The van der Waals surface area contributed by atoms with Gasteiger partial charge in [-0.05, 0) is 39.5 Å². The van der Waals surface area contributed by atoms with Crippen molar-refractivity contribution >= 4 is 11.9 Å². The normalized spacial score (nSPS) is 20.2. The van der Waals surface area contributed by atoms with Gasteiger partial charge in [0, 0.05) is 19.6 Å². The van der Waals surface area contributed by atoms with Gasteiger partial charge in [0.05, 0.1) is 6.10 Å². The molecule has 1 fully saturated rings. The van der Waals surface area contributed by atoms with Crippen molar-refractivity contribution in [3.8, 4) is 0 Å². The highest BCUT2D eigenvalue weighted by molar-refractivity contribution is 5.83. The maximum absolute atomic E-state index is 12.0. The van der Waals surface area contributed by atoms with E-state index in [2.05, 4.69) is 0 Å². The predicted octanol–water partition coefficient (Wildman–Crippen LogP) is 1.66. The minimum atomic E-state index is -0.888. The molecule has 1 atom stereocenters. The Balaban J connectivity index is 2.36. The Hall–Kier alpha value is -1.10. The smallest absolute Gasteiger partial charge is 0.326 e. The second kappa shape index (κ2) is 7.36. The quantitative estimate of drug-likeness (QED) is 0.735. The van der Waals surface area contributed by atoms with Crippen LogP contribution in [-0.4, -0.2) is 47.2 Å². The fraction of sp³-hybridized carbons (Fsp3) is 0.846. The van der Waals surface area contributed by atoms with Crippen molar-refractivity contribution in [2.75, 3.05) is 13.2 Å². The molecule has 0 aromatic carbocycles. The highest BCUT2D eigenvalue weighted by Crippen LogP contribution is 2.18. The Kier molecular flexibility index (Phi) is 6.12. The van der Waals surface area contributed by atoms with E-state index in [1.807, 2.05) is 13.8 Å². The van der Waals surface area contributed by atoms with Gasteiger partial charge in [0.25, 0.3) is 0 Å². The summed E-state index contributed by atoms with van der Waals surface area (Å²) in [4.78, 5) is 24.5. The minimum absolute atomic E-state index is 0.0607. The molecule has 0 aromatic heterocycles. The van der Waals surface area contributed by atoms with Crippen molar-refractivity contribution in [2.24, 2.45) is 0 Å². The number of carboxylic acid groups (broad SMARTS) is 1. The zero-order valence-electron chi connectivity index (χ0n) is 11.2. The molecule has 1 amide bonds. The number of hydrogen-bond donors (Lipinski definition) is 1. The van der Waals surface area contributed by atoms with Gasteiger partial charge in [0.15, 0.2) is 0 Å². The molecule has 0 aromatic rings. The zero-order valence-corrected chi connectivity index (χ0v) is 11.2. The molecule has 0 saturated carbocycles. The number of carbonyl (C=O) groups excluding carboxylic acids is 1. The SMILES string of the molecule is CC(C)OCCCC(=O)N1CCCC[C@@H]1C(=O)O. The lowest BCUT2D eigenvalue weighted by atomic mass is 10.0. The van der Waals surface area contributed by atoms with Crippen LogP contribution in [0.4, 0.5) is 0 Å². The van der Waals surface area contributed by atoms with Crippen LogP contribution in [0.2, 0.25) is 0 Å². The van der Waals surface area contributed by atoms with Gasteiger partial charge in [-0.1, -0.05) is 0 Å². The summed E-state index contributed by atoms with van der Waals surface area (Å²) in [6.45, 7) is 5.02. The molecule has 5 nitrogen and oxygen atoms in total. The van der Waals surface area contributed by atoms with E-state index in [9.17, 15) is 9.59 Å². The summed E-state index contributed by atoms with van der Waals surface area (Å²) in [7, 11) is 0. The Morgan fingerprint density at radius 1 is 1.39 bits per heavy atom. The summed E-state index contributed by atoms with van der Waals surface area (Å²) in [5.41, 5.74) is 0. The number of likely N-dealkylation sites (tertiary alicyclic amines) is 1. The highest BCUT2D eigenvalue weighted by atomic mass is 16.5. The molecule has 0 bridgehead atoms. The maximum Gasteiger partial charge on any atom is 0.326 e. The maximum atomic E-state index is 12.0. The standard InChI is InChI=1S/C13H23NO4/c1-10(2)18-9-5-7-12(15)14-8-4-3-6-11(14)13(16)17/h10-11H,3-9H2,1-2H3,(H,16,17)/t11-/m1/s1. The lowest BCUT2D eigenvalue weighted by Crippen LogP contribution is -2.47. The van der Waals surface area contributed by atoms with E-state index in [1.54, 1.807) is 0 Å². The molecule has 0 radical (unpaired) electrons. The van der Waals surface area contributed by atoms with Crippen LogP contribution in [0, 0.1) is 0 Å². The van der Waals surface area contributed by atoms with E-state index in [1.165, 1.54) is 4.90 Å². The number of nitrogens with zero attached hydrogens (tertiary/aromatic N) is 1. The van der Waals surface area contributed by atoms with E-state index < -0.39 is 12.0 Å². The van der Waals surface area contributed by atoms with Crippen molar-refractivity contribution in [1.82, 2.24) is 4.90 Å². The second-order valence-electron chi connectivity index (χ2n) is 4.96.